The summed E-state index contributed by atoms with van der Waals surface area (Å²) < 4.78 is 25.6. The quantitative estimate of drug-likeness (QED) is 0.809. The minimum Gasteiger partial charge on any atom is -0.387 e. The van der Waals surface area contributed by atoms with Crippen molar-refractivity contribution in [2.75, 3.05) is 11.9 Å². The summed E-state index contributed by atoms with van der Waals surface area (Å²) in [5, 5.41) is 14.6. The molecule has 0 aliphatic rings. The number of hydrogen-bond donors (Lipinski definition) is 3. The van der Waals surface area contributed by atoms with Crippen LogP contribution in [-0.4, -0.2) is 22.7 Å². The first-order chi connectivity index (χ1) is 10.0. The largest absolute Gasteiger partial charge is 0.387 e. The molecule has 110 valence electrons. The molecule has 1 aromatic heterocycles. The van der Waals surface area contributed by atoms with Gasteiger partial charge in [-0.25, -0.2) is 18.6 Å². The van der Waals surface area contributed by atoms with Gasteiger partial charge >= 0.3 is 6.03 Å². The van der Waals surface area contributed by atoms with Gasteiger partial charge in [-0.05, 0) is 29.8 Å². The average Bonchev–Trinajstić information content (AvgIpc) is 2.47. The Hall–Kier alpha value is -2.54. The number of aliphatic hydroxyl groups excluding tert-OH is 1. The van der Waals surface area contributed by atoms with Crippen molar-refractivity contribution in [2.24, 2.45) is 0 Å². The molecule has 7 heteroatoms. The number of pyridine rings is 1. The van der Waals surface area contributed by atoms with E-state index in [2.05, 4.69) is 15.6 Å². The van der Waals surface area contributed by atoms with Crippen LogP contribution in [0.2, 0.25) is 0 Å². The third kappa shape index (κ3) is 4.50. The van der Waals surface area contributed by atoms with Crippen LogP contribution >= 0.6 is 0 Å². The van der Waals surface area contributed by atoms with Crippen LogP contribution < -0.4 is 10.6 Å². The second-order valence-electron chi connectivity index (χ2n) is 4.27. The number of carbonyl (C=O) groups excluding carboxylic acids is 1. The normalized spacial score (nSPS) is 11.8. The van der Waals surface area contributed by atoms with E-state index in [1.54, 1.807) is 6.07 Å². The Morgan fingerprint density at radius 1 is 1.24 bits per heavy atom. The number of carbonyl (C=O) groups is 1. The van der Waals surface area contributed by atoms with Gasteiger partial charge in [0.05, 0.1) is 12.3 Å². The van der Waals surface area contributed by atoms with Gasteiger partial charge in [-0.1, -0.05) is 12.1 Å². The molecule has 1 heterocycles. The Morgan fingerprint density at radius 2 is 2.05 bits per heavy atom. The smallest absolute Gasteiger partial charge is 0.320 e. The maximum atomic E-state index is 13.0. The first kappa shape index (κ1) is 14.9. The Labute approximate surface area is 119 Å². The summed E-state index contributed by atoms with van der Waals surface area (Å²) in [4.78, 5) is 15.2. The molecular formula is C14H13F2N3O2. The number of rotatable bonds is 4. The molecule has 0 radical (unpaired) electrons. The first-order valence-electron chi connectivity index (χ1n) is 6.14. The van der Waals surface area contributed by atoms with Crippen LogP contribution in [-0.2, 0) is 0 Å². The molecule has 3 N–H and O–H groups in total. The number of aliphatic hydroxyl groups is 1. The van der Waals surface area contributed by atoms with Crippen molar-refractivity contribution in [2.45, 2.75) is 6.10 Å². The Kier molecular flexibility index (Phi) is 4.78. The highest BCUT2D eigenvalue weighted by molar-refractivity contribution is 5.88. The molecule has 0 aliphatic carbocycles. The van der Waals surface area contributed by atoms with Gasteiger partial charge in [0.15, 0.2) is 0 Å². The van der Waals surface area contributed by atoms with E-state index in [-0.39, 0.29) is 12.4 Å². The maximum absolute atomic E-state index is 13.0. The second-order valence-corrected chi connectivity index (χ2v) is 4.27. The number of hydrogen-bond acceptors (Lipinski definition) is 3. The topological polar surface area (TPSA) is 74.2 Å². The fourth-order valence-corrected chi connectivity index (χ4v) is 1.63. The van der Waals surface area contributed by atoms with E-state index < -0.39 is 23.8 Å². The predicted octanol–water partition coefficient (Wildman–Crippen LogP) is 2.21. The zero-order chi connectivity index (χ0) is 15.2. The number of anilines is 1. The Balaban J connectivity index is 1.84. The summed E-state index contributed by atoms with van der Waals surface area (Å²) in [6.07, 6.45) is -0.0652. The fourth-order valence-electron chi connectivity index (χ4n) is 1.63. The molecular weight excluding hydrogens is 280 g/mol. The van der Waals surface area contributed by atoms with Crippen molar-refractivity contribution < 1.29 is 18.7 Å². The molecule has 1 aromatic carbocycles. The van der Waals surface area contributed by atoms with Gasteiger partial charge < -0.3 is 10.4 Å². The molecule has 2 aromatic rings. The van der Waals surface area contributed by atoms with E-state index in [1.165, 1.54) is 24.3 Å². The lowest BCUT2D eigenvalue weighted by molar-refractivity contribution is 0.174. The molecule has 0 saturated heterocycles. The van der Waals surface area contributed by atoms with Gasteiger partial charge in [0, 0.05) is 6.54 Å². The summed E-state index contributed by atoms with van der Waals surface area (Å²) in [7, 11) is 0. The van der Waals surface area contributed by atoms with Crippen molar-refractivity contribution in [1.29, 1.82) is 0 Å². The maximum Gasteiger partial charge on any atom is 0.320 e. The van der Waals surface area contributed by atoms with E-state index in [4.69, 9.17) is 0 Å². The van der Waals surface area contributed by atoms with Crippen molar-refractivity contribution in [3.8, 4) is 0 Å². The van der Waals surface area contributed by atoms with Crippen LogP contribution in [0.4, 0.5) is 19.4 Å². The van der Waals surface area contributed by atoms with Gasteiger partial charge in [-0.3, -0.25) is 5.32 Å². The number of nitrogens with zero attached hydrogens (tertiary/aromatic N) is 1. The van der Waals surface area contributed by atoms with E-state index >= 15 is 0 Å². The van der Waals surface area contributed by atoms with Crippen LogP contribution in [0.1, 0.15) is 11.7 Å². The number of nitrogens with one attached hydrogen (secondary N) is 2. The van der Waals surface area contributed by atoms with Crippen LogP contribution in [0, 0.1) is 11.6 Å². The average molecular weight is 293 g/mol. The van der Waals surface area contributed by atoms with Gasteiger partial charge in [-0.2, -0.15) is 0 Å². The van der Waals surface area contributed by atoms with E-state index in [0.29, 0.717) is 5.56 Å². The highest BCUT2D eigenvalue weighted by Gasteiger charge is 2.10. The predicted molar refractivity (Wildman–Crippen MR) is 72.6 cm³/mol. The van der Waals surface area contributed by atoms with Crippen LogP contribution in [0.5, 0.6) is 0 Å². The lowest BCUT2D eigenvalue weighted by Crippen LogP contribution is -2.32. The Morgan fingerprint density at radius 3 is 2.71 bits per heavy atom. The van der Waals surface area contributed by atoms with Crippen LogP contribution in [0.3, 0.4) is 0 Å². The highest BCUT2D eigenvalue weighted by Crippen LogP contribution is 2.13. The summed E-state index contributed by atoms with van der Waals surface area (Å²) in [5.41, 5.74) is 0.357. The van der Waals surface area contributed by atoms with Crippen molar-refractivity contribution >= 4 is 11.8 Å². The van der Waals surface area contributed by atoms with E-state index in [1.807, 2.05) is 0 Å². The number of urea groups is 1. The van der Waals surface area contributed by atoms with Gasteiger partial charge in [0.25, 0.3) is 0 Å². The number of benzene rings is 1. The number of aromatic nitrogens is 1. The van der Waals surface area contributed by atoms with Gasteiger partial charge in [0.1, 0.15) is 17.5 Å². The molecule has 2 rings (SSSR count). The number of amides is 2. The molecule has 0 saturated carbocycles. The van der Waals surface area contributed by atoms with Crippen molar-refractivity contribution in [3.63, 3.8) is 0 Å². The molecule has 0 aliphatic heterocycles. The molecule has 1 unspecified atom stereocenters. The SMILES string of the molecule is O=C(NCC(O)c1cccc(F)c1)Nc1ccc(F)cn1. The fraction of sp³-hybridized carbons (Fsp3) is 0.143. The van der Waals surface area contributed by atoms with Crippen molar-refractivity contribution in [1.82, 2.24) is 10.3 Å². The van der Waals surface area contributed by atoms with Gasteiger partial charge in [-0.15, -0.1) is 0 Å². The summed E-state index contributed by atoms with van der Waals surface area (Å²) in [5.74, 6) is -0.803. The minimum atomic E-state index is -1.03. The van der Waals surface area contributed by atoms with E-state index in [9.17, 15) is 18.7 Å². The number of halogens is 2. The van der Waals surface area contributed by atoms with Crippen molar-refractivity contribution in [3.05, 3.63) is 59.8 Å². The third-order valence-electron chi connectivity index (χ3n) is 2.66. The monoisotopic (exact) mass is 293 g/mol. The summed E-state index contributed by atoms with van der Waals surface area (Å²) >= 11 is 0. The summed E-state index contributed by atoms with van der Waals surface area (Å²) in [6.45, 7) is -0.101. The molecule has 21 heavy (non-hydrogen) atoms. The second kappa shape index (κ2) is 6.76. The molecule has 1 atom stereocenters. The lowest BCUT2D eigenvalue weighted by atomic mass is 10.1. The summed E-state index contributed by atoms with van der Waals surface area (Å²) in [6, 6.07) is 7.32. The van der Waals surface area contributed by atoms with Crippen LogP contribution in [0.25, 0.3) is 0 Å². The first-order valence-corrected chi connectivity index (χ1v) is 6.14. The van der Waals surface area contributed by atoms with Gasteiger partial charge in [0.2, 0.25) is 0 Å². The third-order valence-corrected chi connectivity index (χ3v) is 2.66. The van der Waals surface area contributed by atoms with Crippen LogP contribution in [0.15, 0.2) is 42.6 Å². The zero-order valence-electron chi connectivity index (χ0n) is 10.9. The standard InChI is InChI=1S/C14H13F2N3O2/c15-10-3-1-2-9(6-10)12(20)8-18-14(21)19-13-5-4-11(16)7-17-13/h1-7,12,20H,8H2,(H2,17,18,19,21). The molecule has 0 spiro atoms. The zero-order valence-corrected chi connectivity index (χ0v) is 10.9. The highest BCUT2D eigenvalue weighted by atomic mass is 19.1. The molecule has 0 fully saturated rings. The molecule has 5 nitrogen and oxygen atoms in total. The lowest BCUT2D eigenvalue weighted by Gasteiger charge is -2.12. The molecule has 2 amide bonds. The van der Waals surface area contributed by atoms with E-state index in [0.717, 1.165) is 12.3 Å². The Bertz CT molecular complexity index is 620. The molecule has 0 bridgehead atoms. The minimum absolute atomic E-state index is 0.101.